The van der Waals surface area contributed by atoms with Gasteiger partial charge in [0.25, 0.3) is 0 Å². The normalized spacial score (nSPS) is 19.9. The minimum Gasteiger partial charge on any atom is -0.338 e. The largest absolute Gasteiger partial charge is 0.416 e. The average molecular weight is 323 g/mol. The molecular formula is C17H20F3N3. The van der Waals surface area contributed by atoms with Crippen LogP contribution in [0.15, 0.2) is 36.7 Å². The first-order valence-corrected chi connectivity index (χ1v) is 7.80. The van der Waals surface area contributed by atoms with Gasteiger partial charge in [-0.25, -0.2) is 4.98 Å². The predicted molar refractivity (Wildman–Crippen MR) is 81.9 cm³/mol. The van der Waals surface area contributed by atoms with Crippen molar-refractivity contribution in [2.24, 2.45) is 7.05 Å². The SMILES string of the molecule is Cn1ccnc1[C@H]1CCCN(Cc2ccccc2C(F)(F)F)C1. The van der Waals surface area contributed by atoms with Crippen molar-refractivity contribution in [3.63, 3.8) is 0 Å². The van der Waals surface area contributed by atoms with E-state index >= 15 is 0 Å². The highest BCUT2D eigenvalue weighted by Crippen LogP contribution is 2.33. The summed E-state index contributed by atoms with van der Waals surface area (Å²) < 4.78 is 41.4. The lowest BCUT2D eigenvalue weighted by Gasteiger charge is -2.33. The van der Waals surface area contributed by atoms with Crippen LogP contribution in [0.25, 0.3) is 0 Å². The van der Waals surface area contributed by atoms with Gasteiger partial charge in [0.1, 0.15) is 5.82 Å². The van der Waals surface area contributed by atoms with Crippen LogP contribution in [0.2, 0.25) is 0 Å². The van der Waals surface area contributed by atoms with Crippen LogP contribution < -0.4 is 0 Å². The first kappa shape index (κ1) is 16.1. The summed E-state index contributed by atoms with van der Waals surface area (Å²) in [6, 6.07) is 5.85. The van der Waals surface area contributed by atoms with Gasteiger partial charge < -0.3 is 4.57 Å². The van der Waals surface area contributed by atoms with Crippen molar-refractivity contribution in [1.82, 2.24) is 14.5 Å². The number of piperidine rings is 1. The summed E-state index contributed by atoms with van der Waals surface area (Å²) in [5.74, 6) is 1.29. The fourth-order valence-corrected chi connectivity index (χ4v) is 3.36. The molecule has 0 spiro atoms. The topological polar surface area (TPSA) is 21.1 Å². The lowest BCUT2D eigenvalue weighted by atomic mass is 9.96. The summed E-state index contributed by atoms with van der Waals surface area (Å²) in [6.07, 6.45) is 1.39. The van der Waals surface area contributed by atoms with Crippen LogP contribution in [0.3, 0.4) is 0 Å². The highest BCUT2D eigenvalue weighted by atomic mass is 19.4. The fourth-order valence-electron chi connectivity index (χ4n) is 3.36. The molecular weight excluding hydrogens is 303 g/mol. The number of alkyl halides is 3. The monoisotopic (exact) mass is 323 g/mol. The van der Waals surface area contributed by atoms with Crippen LogP contribution in [-0.2, 0) is 19.8 Å². The molecule has 2 aromatic rings. The Labute approximate surface area is 133 Å². The van der Waals surface area contributed by atoms with Crippen LogP contribution in [0.4, 0.5) is 13.2 Å². The molecule has 3 rings (SSSR count). The molecule has 124 valence electrons. The van der Waals surface area contributed by atoms with Gasteiger partial charge in [0.05, 0.1) is 5.56 Å². The molecule has 0 radical (unpaired) electrons. The van der Waals surface area contributed by atoms with Gasteiger partial charge in [-0.15, -0.1) is 0 Å². The molecule has 0 bridgehead atoms. The van der Waals surface area contributed by atoms with E-state index in [0.29, 0.717) is 12.1 Å². The van der Waals surface area contributed by atoms with Gasteiger partial charge in [0.15, 0.2) is 0 Å². The molecule has 1 fully saturated rings. The Morgan fingerprint density at radius 1 is 1.26 bits per heavy atom. The van der Waals surface area contributed by atoms with Gasteiger partial charge in [-0.05, 0) is 31.0 Å². The summed E-state index contributed by atoms with van der Waals surface area (Å²) in [7, 11) is 1.96. The van der Waals surface area contributed by atoms with Crippen LogP contribution in [0.5, 0.6) is 0 Å². The molecule has 0 N–H and O–H groups in total. The zero-order valence-corrected chi connectivity index (χ0v) is 13.1. The highest BCUT2D eigenvalue weighted by Gasteiger charge is 2.33. The van der Waals surface area contributed by atoms with E-state index in [1.807, 2.05) is 17.8 Å². The van der Waals surface area contributed by atoms with E-state index in [9.17, 15) is 13.2 Å². The predicted octanol–water partition coefficient (Wildman–Crippen LogP) is 3.82. The zero-order valence-electron chi connectivity index (χ0n) is 13.1. The molecule has 23 heavy (non-hydrogen) atoms. The van der Waals surface area contributed by atoms with Crippen molar-refractivity contribution in [2.75, 3.05) is 13.1 Å². The molecule has 3 nitrogen and oxygen atoms in total. The van der Waals surface area contributed by atoms with Crippen LogP contribution in [-0.4, -0.2) is 27.5 Å². The second-order valence-electron chi connectivity index (χ2n) is 6.13. The van der Waals surface area contributed by atoms with Crippen molar-refractivity contribution in [3.8, 4) is 0 Å². The summed E-state index contributed by atoms with van der Waals surface area (Å²) in [5.41, 5.74) is -0.181. The van der Waals surface area contributed by atoms with Gasteiger partial charge in [0.2, 0.25) is 0 Å². The van der Waals surface area contributed by atoms with E-state index in [1.165, 1.54) is 6.07 Å². The number of nitrogens with zero attached hydrogens (tertiary/aromatic N) is 3. The summed E-state index contributed by atoms with van der Waals surface area (Å²) in [6.45, 7) is 1.90. The van der Waals surface area contributed by atoms with E-state index in [4.69, 9.17) is 0 Å². The molecule has 0 aliphatic carbocycles. The van der Waals surface area contributed by atoms with Crippen LogP contribution >= 0.6 is 0 Å². The van der Waals surface area contributed by atoms with E-state index in [1.54, 1.807) is 18.3 Å². The molecule has 1 saturated heterocycles. The number of benzene rings is 1. The number of rotatable bonds is 3. The maximum Gasteiger partial charge on any atom is 0.416 e. The van der Waals surface area contributed by atoms with Gasteiger partial charge in [-0.3, -0.25) is 4.90 Å². The number of aryl methyl sites for hydroxylation is 1. The van der Waals surface area contributed by atoms with Gasteiger partial charge >= 0.3 is 6.18 Å². The van der Waals surface area contributed by atoms with Gasteiger partial charge in [-0.1, -0.05) is 18.2 Å². The number of aromatic nitrogens is 2. The van der Waals surface area contributed by atoms with Gasteiger partial charge in [0, 0.05) is 38.4 Å². The van der Waals surface area contributed by atoms with Crippen LogP contribution in [0, 0.1) is 0 Å². The second kappa shape index (κ2) is 6.35. The number of likely N-dealkylation sites (tertiary alicyclic amines) is 1. The first-order chi connectivity index (χ1) is 10.9. The minimum atomic E-state index is -4.30. The average Bonchev–Trinajstić information content (AvgIpc) is 2.93. The van der Waals surface area contributed by atoms with Crippen molar-refractivity contribution in [3.05, 3.63) is 53.6 Å². The minimum absolute atomic E-state index is 0.279. The molecule has 1 aromatic heterocycles. The zero-order chi connectivity index (χ0) is 16.4. The smallest absolute Gasteiger partial charge is 0.338 e. The third-order valence-electron chi connectivity index (χ3n) is 4.45. The van der Waals surface area contributed by atoms with E-state index < -0.39 is 11.7 Å². The third-order valence-corrected chi connectivity index (χ3v) is 4.45. The number of halogens is 3. The van der Waals surface area contributed by atoms with Crippen LogP contribution in [0.1, 0.15) is 35.7 Å². The first-order valence-electron chi connectivity index (χ1n) is 7.80. The molecule has 0 amide bonds. The molecule has 2 heterocycles. The third kappa shape index (κ3) is 3.58. The molecule has 0 unspecified atom stereocenters. The highest BCUT2D eigenvalue weighted by molar-refractivity contribution is 5.29. The Hall–Kier alpha value is -1.82. The van der Waals surface area contributed by atoms with Crippen molar-refractivity contribution in [2.45, 2.75) is 31.5 Å². The maximum atomic E-state index is 13.1. The molecule has 0 saturated carbocycles. The second-order valence-corrected chi connectivity index (χ2v) is 6.13. The lowest BCUT2D eigenvalue weighted by molar-refractivity contribution is -0.138. The van der Waals surface area contributed by atoms with E-state index in [2.05, 4.69) is 9.88 Å². The number of hydrogen-bond donors (Lipinski definition) is 0. The van der Waals surface area contributed by atoms with Crippen molar-refractivity contribution >= 4 is 0 Å². The van der Waals surface area contributed by atoms with E-state index in [-0.39, 0.29) is 5.92 Å². The maximum absolute atomic E-state index is 13.1. The summed E-state index contributed by atoms with van der Waals surface area (Å²) >= 11 is 0. The molecule has 1 aromatic carbocycles. The Kier molecular flexibility index (Phi) is 4.43. The Morgan fingerprint density at radius 3 is 2.74 bits per heavy atom. The molecule has 1 aliphatic heterocycles. The lowest BCUT2D eigenvalue weighted by Crippen LogP contribution is -2.35. The standard InChI is InChI=1S/C17H20F3N3/c1-22-10-8-21-16(22)14-6-4-9-23(12-14)11-13-5-2-3-7-15(13)17(18,19)20/h2-3,5,7-8,10,14H,4,6,9,11-12H2,1H3/t14-/m0/s1. The summed E-state index contributed by atoms with van der Waals surface area (Å²) in [4.78, 5) is 6.50. The Balaban J connectivity index is 1.75. The molecule has 1 atom stereocenters. The van der Waals surface area contributed by atoms with Crippen molar-refractivity contribution in [1.29, 1.82) is 0 Å². The number of imidazole rings is 1. The number of hydrogen-bond acceptors (Lipinski definition) is 2. The Morgan fingerprint density at radius 2 is 2.04 bits per heavy atom. The Bertz CT molecular complexity index is 663. The molecule has 6 heteroatoms. The fraction of sp³-hybridized carbons (Fsp3) is 0.471. The quantitative estimate of drug-likeness (QED) is 0.856. The van der Waals surface area contributed by atoms with Crippen molar-refractivity contribution < 1.29 is 13.2 Å². The summed E-state index contributed by atoms with van der Waals surface area (Å²) in [5, 5.41) is 0. The van der Waals surface area contributed by atoms with Gasteiger partial charge in [-0.2, -0.15) is 13.2 Å². The van der Waals surface area contributed by atoms with E-state index in [0.717, 1.165) is 37.8 Å². The molecule has 1 aliphatic rings.